The van der Waals surface area contributed by atoms with Gasteiger partial charge in [0, 0.05) is 26.8 Å². The first-order valence-corrected chi connectivity index (χ1v) is 8.93. The zero-order chi connectivity index (χ0) is 18.1. The van der Waals surface area contributed by atoms with Gasteiger partial charge in [0.2, 0.25) is 0 Å². The topological polar surface area (TPSA) is 58.6 Å². The number of nitrogens with zero attached hydrogens (tertiary/aromatic N) is 1. The molecule has 1 heterocycles. The second kappa shape index (κ2) is 9.99. The number of aryl methyl sites for hydroxylation is 1. The molecule has 5 nitrogen and oxygen atoms in total. The Hall–Kier alpha value is -2.14. The number of hydrogen-bond acceptors (Lipinski definition) is 4. The van der Waals surface area contributed by atoms with Crippen molar-refractivity contribution < 1.29 is 14.3 Å². The third-order valence-electron chi connectivity index (χ3n) is 4.47. The molecular weight excluding hydrogens is 316 g/mol. The minimum Gasteiger partial charge on any atom is -0.381 e. The lowest BCUT2D eigenvalue weighted by atomic mass is 9.97. The fraction of sp³-hybridized carbons (Fsp3) is 0.500. The Morgan fingerprint density at radius 3 is 2.64 bits per heavy atom. The Balaban J connectivity index is 2.21. The number of fused-ring (bicyclic) bond motifs is 1. The molecule has 0 aliphatic carbocycles. The smallest absolute Gasteiger partial charge is 0.267 e. The average Bonchev–Trinajstić information content (AvgIpc) is 2.61. The van der Waals surface area contributed by atoms with E-state index in [1.807, 2.05) is 37.1 Å². The Morgan fingerprint density at radius 2 is 1.92 bits per heavy atom. The first-order valence-electron chi connectivity index (χ1n) is 8.93. The van der Waals surface area contributed by atoms with E-state index in [0.717, 1.165) is 44.3 Å². The Kier molecular flexibility index (Phi) is 7.67. The molecule has 1 amide bonds. The summed E-state index contributed by atoms with van der Waals surface area (Å²) in [5.74, 6) is -0.213. The molecule has 1 aromatic carbocycles. The van der Waals surface area contributed by atoms with Gasteiger partial charge in [0.1, 0.15) is 6.29 Å². The molecule has 1 aliphatic heterocycles. The summed E-state index contributed by atoms with van der Waals surface area (Å²) < 4.78 is 5.71. The maximum atomic E-state index is 12.6. The van der Waals surface area contributed by atoms with E-state index >= 15 is 0 Å². The van der Waals surface area contributed by atoms with Gasteiger partial charge in [-0.3, -0.25) is 4.79 Å². The highest BCUT2D eigenvalue weighted by Gasteiger charge is 2.19. The number of benzene rings is 1. The monoisotopic (exact) mass is 344 g/mol. The van der Waals surface area contributed by atoms with Crippen LogP contribution in [0.3, 0.4) is 0 Å². The lowest BCUT2D eigenvalue weighted by molar-refractivity contribution is -0.122. The van der Waals surface area contributed by atoms with Gasteiger partial charge in [0.15, 0.2) is 0 Å². The van der Waals surface area contributed by atoms with Crippen LogP contribution in [0.4, 0.5) is 0 Å². The summed E-state index contributed by atoms with van der Waals surface area (Å²) in [5.41, 5.74) is 2.89. The standard InChI is InChI=1S/C20H28N2O3/c1-3-19-20(24)21-18(15-23)14-17-9-5-4-8-16(17)10-6-12-25-13-7-11-22(19)2/h3-5,8-9,15,18H,6-7,10-14H2,1-2H3,(H,21,24)/b19-3-. The summed E-state index contributed by atoms with van der Waals surface area (Å²) in [4.78, 5) is 26.0. The van der Waals surface area contributed by atoms with Gasteiger partial charge in [-0.15, -0.1) is 0 Å². The third-order valence-corrected chi connectivity index (χ3v) is 4.47. The molecule has 0 bridgehead atoms. The van der Waals surface area contributed by atoms with Crippen LogP contribution in [0.1, 0.15) is 30.9 Å². The van der Waals surface area contributed by atoms with Crippen molar-refractivity contribution in [2.45, 2.75) is 38.6 Å². The number of nitrogens with one attached hydrogen (secondary N) is 1. The van der Waals surface area contributed by atoms with E-state index in [-0.39, 0.29) is 5.91 Å². The van der Waals surface area contributed by atoms with Crippen LogP contribution in [0.5, 0.6) is 0 Å². The van der Waals surface area contributed by atoms with Gasteiger partial charge in [-0.25, -0.2) is 0 Å². The zero-order valence-electron chi connectivity index (χ0n) is 15.2. The number of allylic oxidation sites excluding steroid dienone is 1. The van der Waals surface area contributed by atoms with E-state index in [1.165, 1.54) is 5.56 Å². The summed E-state index contributed by atoms with van der Waals surface area (Å²) in [5, 5.41) is 2.86. The zero-order valence-corrected chi connectivity index (χ0v) is 15.2. The summed E-state index contributed by atoms with van der Waals surface area (Å²) in [7, 11) is 1.89. The molecule has 0 fully saturated rings. The van der Waals surface area contributed by atoms with Crippen LogP contribution < -0.4 is 5.32 Å². The molecule has 0 saturated carbocycles. The normalized spacial score (nSPS) is 22.5. The van der Waals surface area contributed by atoms with E-state index in [9.17, 15) is 9.59 Å². The van der Waals surface area contributed by atoms with Crippen LogP contribution in [-0.4, -0.2) is 49.9 Å². The molecule has 5 heteroatoms. The summed E-state index contributed by atoms with van der Waals surface area (Å²) in [6.45, 7) is 3.98. The molecule has 1 unspecified atom stereocenters. The summed E-state index contributed by atoms with van der Waals surface area (Å²) in [6, 6.07) is 7.56. The van der Waals surface area contributed by atoms with Crippen molar-refractivity contribution in [3.63, 3.8) is 0 Å². The van der Waals surface area contributed by atoms with Crippen molar-refractivity contribution in [1.82, 2.24) is 10.2 Å². The number of carbonyl (C=O) groups excluding carboxylic acids is 2. The number of likely N-dealkylation sites (N-methyl/N-ethyl adjacent to an activating group) is 1. The lowest BCUT2D eigenvalue weighted by Gasteiger charge is -2.23. The quantitative estimate of drug-likeness (QED) is 0.626. The summed E-state index contributed by atoms with van der Waals surface area (Å²) >= 11 is 0. The van der Waals surface area contributed by atoms with Crippen LogP contribution in [0, 0.1) is 0 Å². The molecule has 0 saturated heterocycles. The van der Waals surface area contributed by atoms with Crippen molar-refractivity contribution in [1.29, 1.82) is 0 Å². The second-order valence-electron chi connectivity index (χ2n) is 6.35. The van der Waals surface area contributed by atoms with Crippen molar-refractivity contribution >= 4 is 12.2 Å². The maximum Gasteiger partial charge on any atom is 0.267 e. The van der Waals surface area contributed by atoms with Gasteiger partial charge in [0.05, 0.1) is 11.7 Å². The predicted octanol–water partition coefficient (Wildman–Crippen LogP) is 2.10. The molecule has 0 aromatic heterocycles. The lowest BCUT2D eigenvalue weighted by Crippen LogP contribution is -2.41. The molecule has 0 radical (unpaired) electrons. The highest BCUT2D eigenvalue weighted by molar-refractivity contribution is 5.94. The number of ether oxygens (including phenoxy) is 1. The number of hydrogen-bond donors (Lipinski definition) is 1. The van der Waals surface area contributed by atoms with Gasteiger partial charge in [0.25, 0.3) is 5.91 Å². The molecular formula is C20H28N2O3. The van der Waals surface area contributed by atoms with Crippen LogP contribution in [0.25, 0.3) is 0 Å². The molecule has 1 atom stereocenters. The van der Waals surface area contributed by atoms with Gasteiger partial charge >= 0.3 is 0 Å². The van der Waals surface area contributed by atoms with Crippen LogP contribution in [0.15, 0.2) is 36.0 Å². The van der Waals surface area contributed by atoms with E-state index in [4.69, 9.17) is 4.74 Å². The molecule has 1 N–H and O–H groups in total. The molecule has 1 aliphatic rings. The highest BCUT2D eigenvalue weighted by Crippen LogP contribution is 2.14. The fourth-order valence-corrected chi connectivity index (χ4v) is 3.13. The SMILES string of the molecule is C/C=C1/C(=O)NC(C=O)Cc2ccccc2CCCOCCCN1C. The minimum atomic E-state index is -0.529. The first kappa shape index (κ1) is 19.2. The largest absolute Gasteiger partial charge is 0.381 e. The van der Waals surface area contributed by atoms with Gasteiger partial charge in [-0.1, -0.05) is 30.3 Å². The molecule has 2 rings (SSSR count). The maximum absolute atomic E-state index is 12.6. The van der Waals surface area contributed by atoms with Gasteiger partial charge in [-0.05, 0) is 43.7 Å². The minimum absolute atomic E-state index is 0.213. The van der Waals surface area contributed by atoms with Crippen molar-refractivity contribution in [3.8, 4) is 0 Å². The molecule has 0 spiro atoms. The van der Waals surface area contributed by atoms with E-state index in [2.05, 4.69) is 11.4 Å². The van der Waals surface area contributed by atoms with Gasteiger partial charge < -0.3 is 19.7 Å². The van der Waals surface area contributed by atoms with Crippen molar-refractivity contribution in [3.05, 3.63) is 47.2 Å². The number of amides is 1. The van der Waals surface area contributed by atoms with Gasteiger partial charge in [-0.2, -0.15) is 0 Å². The van der Waals surface area contributed by atoms with E-state index < -0.39 is 6.04 Å². The van der Waals surface area contributed by atoms with Crippen LogP contribution in [0.2, 0.25) is 0 Å². The number of aldehydes is 1. The third kappa shape index (κ3) is 5.71. The Morgan fingerprint density at radius 1 is 1.20 bits per heavy atom. The fourth-order valence-electron chi connectivity index (χ4n) is 3.13. The summed E-state index contributed by atoms with van der Waals surface area (Å²) in [6.07, 6.45) is 5.83. The van der Waals surface area contributed by atoms with Crippen LogP contribution in [-0.2, 0) is 27.2 Å². The highest BCUT2D eigenvalue weighted by atomic mass is 16.5. The predicted molar refractivity (Wildman–Crippen MR) is 98.3 cm³/mol. The number of rotatable bonds is 1. The second-order valence-corrected chi connectivity index (χ2v) is 6.35. The molecule has 1 aromatic rings. The average molecular weight is 344 g/mol. The molecule has 136 valence electrons. The first-order chi connectivity index (χ1) is 12.2. The Bertz CT molecular complexity index is 613. The van der Waals surface area contributed by atoms with E-state index in [1.54, 1.807) is 6.08 Å². The van der Waals surface area contributed by atoms with Crippen molar-refractivity contribution in [2.75, 3.05) is 26.8 Å². The number of carbonyl (C=O) groups is 2. The molecule has 25 heavy (non-hydrogen) atoms. The van der Waals surface area contributed by atoms with E-state index in [0.29, 0.717) is 18.7 Å². The Labute approximate surface area is 150 Å². The van der Waals surface area contributed by atoms with Crippen LogP contribution >= 0.6 is 0 Å². The van der Waals surface area contributed by atoms with Crippen molar-refractivity contribution in [2.24, 2.45) is 0 Å².